The minimum atomic E-state index is -1.05. The average molecular weight is 524 g/mol. The molecule has 0 N–H and O–H groups in total. The molecule has 36 heavy (non-hydrogen) atoms. The van der Waals surface area contributed by atoms with Crippen LogP contribution in [0.25, 0.3) is 10.2 Å². The van der Waals surface area contributed by atoms with Gasteiger partial charge in [-0.05, 0) is 46.9 Å². The van der Waals surface area contributed by atoms with Crippen LogP contribution in [0, 0.1) is 22.7 Å². The Labute approximate surface area is 218 Å². The molecular weight excluding hydrogens is 494 g/mol. The Morgan fingerprint density at radius 2 is 1.36 bits per heavy atom. The summed E-state index contributed by atoms with van der Waals surface area (Å²) in [6, 6.07) is 11.3. The lowest BCUT2D eigenvalue weighted by atomic mass is 9.60. The molecule has 0 saturated heterocycles. The molecular formula is C28H29NO5S2. The lowest BCUT2D eigenvalue weighted by Gasteiger charge is -2.40. The fourth-order valence-corrected chi connectivity index (χ4v) is 7.65. The molecule has 0 spiro atoms. The van der Waals surface area contributed by atoms with Crippen LogP contribution < -0.4 is 0 Å². The number of Topliss-reactive ketones (excluding diaryl/α,β-unsaturated/α-hetero) is 4. The third-order valence-corrected chi connectivity index (χ3v) is 9.13. The van der Waals surface area contributed by atoms with Gasteiger partial charge in [0.05, 0.1) is 28.0 Å². The molecule has 2 aliphatic carbocycles. The molecule has 0 unspecified atom stereocenters. The van der Waals surface area contributed by atoms with Crippen LogP contribution in [-0.2, 0) is 19.2 Å². The number of para-hydroxylation sites is 1. The minimum Gasteiger partial charge on any atom is -0.454 e. The van der Waals surface area contributed by atoms with Crippen LogP contribution in [0.2, 0.25) is 0 Å². The molecule has 3 aromatic rings. The van der Waals surface area contributed by atoms with Gasteiger partial charge in [0.2, 0.25) is 0 Å². The van der Waals surface area contributed by atoms with Gasteiger partial charge < -0.3 is 4.42 Å². The Morgan fingerprint density at radius 3 is 1.89 bits per heavy atom. The van der Waals surface area contributed by atoms with Crippen LogP contribution in [0.4, 0.5) is 0 Å². The lowest BCUT2D eigenvalue weighted by Crippen LogP contribution is -2.48. The van der Waals surface area contributed by atoms with Gasteiger partial charge in [0, 0.05) is 25.7 Å². The number of rotatable bonds is 5. The molecule has 2 saturated carbocycles. The third kappa shape index (κ3) is 4.85. The van der Waals surface area contributed by atoms with Crippen molar-refractivity contribution in [1.29, 1.82) is 0 Å². The summed E-state index contributed by atoms with van der Waals surface area (Å²) in [6.45, 7) is 7.58. The van der Waals surface area contributed by atoms with Gasteiger partial charge in [-0.25, -0.2) is 4.98 Å². The molecule has 8 heteroatoms. The van der Waals surface area contributed by atoms with E-state index in [9.17, 15) is 19.2 Å². The van der Waals surface area contributed by atoms with E-state index in [1.165, 1.54) is 11.8 Å². The molecule has 188 valence electrons. The largest absolute Gasteiger partial charge is 0.454 e. The topological polar surface area (TPSA) is 94.3 Å². The summed E-state index contributed by atoms with van der Waals surface area (Å²) in [5, 5.41) is 0.543. The Kier molecular flexibility index (Phi) is 6.32. The van der Waals surface area contributed by atoms with E-state index in [0.29, 0.717) is 10.9 Å². The smallest absolute Gasteiger partial charge is 0.167 e. The van der Waals surface area contributed by atoms with Gasteiger partial charge in [0.1, 0.15) is 28.9 Å². The van der Waals surface area contributed by atoms with E-state index in [0.717, 1.165) is 14.6 Å². The number of hydrogen-bond acceptors (Lipinski definition) is 8. The van der Waals surface area contributed by atoms with Crippen molar-refractivity contribution < 1.29 is 23.6 Å². The van der Waals surface area contributed by atoms with Crippen LogP contribution >= 0.6 is 23.1 Å². The van der Waals surface area contributed by atoms with Crippen LogP contribution in [0.3, 0.4) is 0 Å². The van der Waals surface area contributed by atoms with Crippen molar-refractivity contribution in [2.75, 3.05) is 0 Å². The van der Waals surface area contributed by atoms with Gasteiger partial charge in [-0.2, -0.15) is 0 Å². The van der Waals surface area contributed by atoms with Gasteiger partial charge in [0.15, 0.2) is 9.43 Å². The summed E-state index contributed by atoms with van der Waals surface area (Å²) < 4.78 is 8.03. The summed E-state index contributed by atoms with van der Waals surface area (Å²) in [5.41, 5.74) is 0.0283. The number of hydrogen-bond donors (Lipinski definition) is 0. The predicted octanol–water partition coefficient (Wildman–Crippen LogP) is 6.27. The van der Waals surface area contributed by atoms with Crippen LogP contribution in [0.1, 0.15) is 65.1 Å². The number of aromatic nitrogens is 1. The second kappa shape index (κ2) is 9.06. The first-order chi connectivity index (χ1) is 16.9. The van der Waals surface area contributed by atoms with Crippen molar-refractivity contribution in [3.8, 4) is 0 Å². The highest BCUT2D eigenvalue weighted by Crippen LogP contribution is 2.48. The van der Waals surface area contributed by atoms with E-state index in [1.807, 2.05) is 52.0 Å². The molecule has 0 atom stereocenters. The Hall–Kier alpha value is -2.58. The lowest BCUT2D eigenvalue weighted by molar-refractivity contribution is -0.146. The third-order valence-electron chi connectivity index (χ3n) is 7.11. The molecule has 2 aromatic heterocycles. The summed E-state index contributed by atoms with van der Waals surface area (Å²) in [4.78, 5) is 57.9. The maximum Gasteiger partial charge on any atom is 0.167 e. The Morgan fingerprint density at radius 1 is 0.833 bits per heavy atom. The highest BCUT2D eigenvalue weighted by molar-refractivity contribution is 8.01. The minimum absolute atomic E-state index is 0.219. The predicted molar refractivity (Wildman–Crippen MR) is 138 cm³/mol. The normalized spacial score (nSPS) is 21.1. The van der Waals surface area contributed by atoms with Crippen molar-refractivity contribution >= 4 is 56.4 Å². The number of benzene rings is 1. The van der Waals surface area contributed by atoms with E-state index in [2.05, 4.69) is 4.98 Å². The van der Waals surface area contributed by atoms with Crippen molar-refractivity contribution in [2.24, 2.45) is 22.7 Å². The zero-order valence-electron chi connectivity index (χ0n) is 20.8. The number of carbonyl (C=O) groups is 4. The first kappa shape index (κ1) is 25.1. The maximum atomic E-state index is 13.3. The van der Waals surface area contributed by atoms with Crippen LogP contribution in [0.15, 0.2) is 50.2 Å². The second-order valence-electron chi connectivity index (χ2n) is 11.6. The van der Waals surface area contributed by atoms with Crippen LogP contribution in [0.5, 0.6) is 0 Å². The van der Waals surface area contributed by atoms with Crippen molar-refractivity contribution in [3.63, 3.8) is 0 Å². The SMILES string of the molecule is CC1(C)CC(=O)C(C(c2ccc(Sc3nc4ccccc4s3)o2)C2C(=O)CC(C)(C)CC2=O)C(=O)C1. The van der Waals surface area contributed by atoms with Gasteiger partial charge in [-0.15, -0.1) is 11.3 Å². The molecule has 0 bridgehead atoms. The molecule has 2 aliphatic rings. The number of fused-ring (bicyclic) bond motifs is 1. The molecule has 0 aliphatic heterocycles. The summed E-state index contributed by atoms with van der Waals surface area (Å²) in [6.07, 6.45) is 0.923. The fourth-order valence-electron chi connectivity index (χ4n) is 5.68. The van der Waals surface area contributed by atoms with E-state index in [-0.39, 0.29) is 48.8 Å². The summed E-state index contributed by atoms with van der Waals surface area (Å²) in [5.74, 6) is -3.55. The zero-order chi connectivity index (χ0) is 25.8. The van der Waals surface area contributed by atoms with Crippen LogP contribution in [-0.4, -0.2) is 28.1 Å². The maximum absolute atomic E-state index is 13.3. The van der Waals surface area contributed by atoms with E-state index >= 15 is 0 Å². The van der Waals surface area contributed by atoms with Gasteiger partial charge in [0.25, 0.3) is 0 Å². The number of nitrogens with zero attached hydrogens (tertiary/aromatic N) is 1. The van der Waals surface area contributed by atoms with E-state index < -0.39 is 28.6 Å². The van der Waals surface area contributed by atoms with Crippen molar-refractivity contribution in [1.82, 2.24) is 4.98 Å². The van der Waals surface area contributed by atoms with Crippen molar-refractivity contribution in [2.45, 2.75) is 68.7 Å². The van der Waals surface area contributed by atoms with Gasteiger partial charge in [-0.1, -0.05) is 39.8 Å². The fraction of sp³-hybridized carbons (Fsp3) is 0.464. The number of carbonyl (C=O) groups excluding carboxylic acids is 4. The number of ketones is 4. The van der Waals surface area contributed by atoms with Crippen molar-refractivity contribution in [3.05, 3.63) is 42.2 Å². The van der Waals surface area contributed by atoms with Gasteiger partial charge in [-0.3, -0.25) is 19.2 Å². The quantitative estimate of drug-likeness (QED) is 0.364. The first-order valence-corrected chi connectivity index (χ1v) is 13.8. The molecule has 1 aromatic carbocycles. The monoisotopic (exact) mass is 523 g/mol. The Balaban J connectivity index is 1.51. The highest BCUT2D eigenvalue weighted by atomic mass is 32.2. The highest BCUT2D eigenvalue weighted by Gasteiger charge is 2.53. The molecule has 2 fully saturated rings. The average Bonchev–Trinajstić information content (AvgIpc) is 3.36. The second-order valence-corrected chi connectivity index (χ2v) is 13.9. The molecule has 2 heterocycles. The number of thiazole rings is 1. The first-order valence-electron chi connectivity index (χ1n) is 12.2. The molecule has 6 nitrogen and oxygen atoms in total. The Bertz CT molecular complexity index is 1260. The standard InChI is InChI=1S/C28H29NO5S2/c1-27(2)11-16(30)23(17(31)12-27)25(24-18(32)13-28(3,4)14-19(24)33)20-9-10-22(34-20)36-26-29-15-7-5-6-8-21(15)35-26/h5-10,23-25H,11-14H2,1-4H3. The van der Waals surface area contributed by atoms with Gasteiger partial charge >= 0.3 is 0 Å². The molecule has 0 amide bonds. The molecule has 0 radical (unpaired) electrons. The summed E-state index contributed by atoms with van der Waals surface area (Å²) in [7, 11) is 0. The van der Waals surface area contributed by atoms with E-state index in [4.69, 9.17) is 4.42 Å². The zero-order valence-corrected chi connectivity index (χ0v) is 22.5. The van der Waals surface area contributed by atoms with E-state index in [1.54, 1.807) is 23.5 Å². The number of furan rings is 1. The summed E-state index contributed by atoms with van der Waals surface area (Å²) >= 11 is 2.89. The molecule has 5 rings (SSSR count).